The van der Waals surface area contributed by atoms with E-state index in [1.807, 2.05) is 6.07 Å². The molecular weight excluding hydrogens is 256 g/mol. The molecule has 0 aliphatic carbocycles. The Bertz CT molecular complexity index is 516. The molecule has 72 valence electrons. The lowest BCUT2D eigenvalue weighted by Crippen LogP contribution is -1.89. The van der Waals surface area contributed by atoms with Crippen LogP contribution in [0.3, 0.4) is 0 Å². The van der Waals surface area contributed by atoms with E-state index < -0.39 is 0 Å². The van der Waals surface area contributed by atoms with Gasteiger partial charge in [0.05, 0.1) is 23.7 Å². The number of nitrogens with zero attached hydrogens (tertiary/aromatic N) is 4. The summed E-state index contributed by atoms with van der Waals surface area (Å²) in [6, 6.07) is 5.45. The molecule has 2 heterocycles. The Morgan fingerprint density at radius 3 is 2.60 bits per heavy atom. The predicted molar refractivity (Wildman–Crippen MR) is 57.7 cm³/mol. The summed E-state index contributed by atoms with van der Waals surface area (Å²) >= 11 is 3.23. The van der Waals surface area contributed by atoms with E-state index in [4.69, 9.17) is 5.26 Å². The Balaban J connectivity index is 2.42. The van der Waals surface area contributed by atoms with Gasteiger partial charge in [0, 0.05) is 6.20 Å². The lowest BCUT2D eigenvalue weighted by molar-refractivity contribution is 1.14. The standard InChI is InChI=1S/C10H5BrN4/c11-10-6-13-5-9(15-10)8-2-1-7(3-12)4-14-8/h1-2,4-6H. The zero-order valence-electron chi connectivity index (χ0n) is 7.55. The third-order valence-corrected chi connectivity index (χ3v) is 2.14. The Morgan fingerprint density at radius 2 is 2.00 bits per heavy atom. The third-order valence-electron chi connectivity index (χ3n) is 1.76. The summed E-state index contributed by atoms with van der Waals surface area (Å²) in [6.45, 7) is 0. The van der Waals surface area contributed by atoms with Gasteiger partial charge in [-0.15, -0.1) is 0 Å². The van der Waals surface area contributed by atoms with E-state index >= 15 is 0 Å². The van der Waals surface area contributed by atoms with Gasteiger partial charge in [0.2, 0.25) is 0 Å². The summed E-state index contributed by atoms with van der Waals surface area (Å²) in [7, 11) is 0. The fourth-order valence-corrected chi connectivity index (χ4v) is 1.39. The molecule has 0 atom stereocenters. The minimum Gasteiger partial charge on any atom is -0.260 e. The van der Waals surface area contributed by atoms with Gasteiger partial charge in [-0.1, -0.05) is 0 Å². The monoisotopic (exact) mass is 260 g/mol. The number of rotatable bonds is 1. The van der Waals surface area contributed by atoms with E-state index in [0.717, 1.165) is 0 Å². The zero-order valence-corrected chi connectivity index (χ0v) is 9.14. The largest absolute Gasteiger partial charge is 0.260 e. The van der Waals surface area contributed by atoms with Crippen LogP contribution in [0.2, 0.25) is 0 Å². The average molecular weight is 261 g/mol. The second-order valence-electron chi connectivity index (χ2n) is 2.77. The summed E-state index contributed by atoms with van der Waals surface area (Å²) in [6.07, 6.45) is 4.74. The van der Waals surface area contributed by atoms with Gasteiger partial charge in [-0.05, 0) is 28.1 Å². The number of hydrogen-bond donors (Lipinski definition) is 0. The van der Waals surface area contributed by atoms with E-state index in [1.54, 1.807) is 24.5 Å². The molecule has 2 rings (SSSR count). The van der Waals surface area contributed by atoms with Crippen molar-refractivity contribution in [1.29, 1.82) is 5.26 Å². The van der Waals surface area contributed by atoms with Crippen LogP contribution in [0.4, 0.5) is 0 Å². The number of nitriles is 1. The van der Waals surface area contributed by atoms with Gasteiger partial charge in [-0.3, -0.25) is 9.97 Å². The maximum Gasteiger partial charge on any atom is 0.125 e. The van der Waals surface area contributed by atoms with Crippen molar-refractivity contribution in [3.8, 4) is 17.5 Å². The van der Waals surface area contributed by atoms with Gasteiger partial charge in [0.25, 0.3) is 0 Å². The summed E-state index contributed by atoms with van der Waals surface area (Å²) in [5, 5.41) is 8.62. The van der Waals surface area contributed by atoms with Gasteiger partial charge in [0.1, 0.15) is 16.4 Å². The highest BCUT2D eigenvalue weighted by Crippen LogP contribution is 2.15. The van der Waals surface area contributed by atoms with Crippen LogP contribution in [-0.4, -0.2) is 15.0 Å². The number of pyridine rings is 1. The van der Waals surface area contributed by atoms with Crippen molar-refractivity contribution in [3.63, 3.8) is 0 Å². The van der Waals surface area contributed by atoms with Crippen LogP contribution in [0, 0.1) is 11.3 Å². The van der Waals surface area contributed by atoms with Crippen LogP contribution in [0.1, 0.15) is 5.56 Å². The second kappa shape index (κ2) is 4.15. The van der Waals surface area contributed by atoms with Crippen LogP contribution in [0.25, 0.3) is 11.4 Å². The molecule has 5 heteroatoms. The normalized spacial score (nSPS) is 9.60. The van der Waals surface area contributed by atoms with Crippen molar-refractivity contribution >= 4 is 15.9 Å². The van der Waals surface area contributed by atoms with Crippen LogP contribution in [-0.2, 0) is 0 Å². The first kappa shape index (κ1) is 9.74. The van der Waals surface area contributed by atoms with E-state index in [2.05, 4.69) is 30.9 Å². The molecule has 0 fully saturated rings. The van der Waals surface area contributed by atoms with Gasteiger partial charge >= 0.3 is 0 Å². The van der Waals surface area contributed by atoms with Crippen molar-refractivity contribution in [2.75, 3.05) is 0 Å². The van der Waals surface area contributed by atoms with Gasteiger partial charge < -0.3 is 0 Å². The van der Waals surface area contributed by atoms with Crippen molar-refractivity contribution in [3.05, 3.63) is 40.9 Å². The lowest BCUT2D eigenvalue weighted by Gasteiger charge is -1.99. The molecule has 0 aliphatic heterocycles. The van der Waals surface area contributed by atoms with E-state index in [-0.39, 0.29) is 0 Å². The lowest BCUT2D eigenvalue weighted by atomic mass is 10.2. The first-order valence-corrected chi connectivity index (χ1v) is 4.93. The SMILES string of the molecule is N#Cc1ccc(-c2cncc(Br)n2)nc1. The minimum absolute atomic E-state index is 0.529. The highest BCUT2D eigenvalue weighted by atomic mass is 79.9. The van der Waals surface area contributed by atoms with Crippen molar-refractivity contribution in [1.82, 2.24) is 15.0 Å². The maximum atomic E-state index is 8.62. The van der Waals surface area contributed by atoms with Crippen LogP contribution in [0.5, 0.6) is 0 Å². The van der Waals surface area contributed by atoms with E-state index in [1.165, 1.54) is 6.20 Å². The molecule has 0 saturated heterocycles. The average Bonchev–Trinajstić information content (AvgIpc) is 2.29. The van der Waals surface area contributed by atoms with Crippen LogP contribution < -0.4 is 0 Å². The number of aromatic nitrogens is 3. The van der Waals surface area contributed by atoms with Crippen molar-refractivity contribution in [2.45, 2.75) is 0 Å². The molecule has 0 bridgehead atoms. The maximum absolute atomic E-state index is 8.62. The second-order valence-corrected chi connectivity index (χ2v) is 3.58. The molecule has 0 N–H and O–H groups in total. The summed E-state index contributed by atoms with van der Waals surface area (Å²) in [4.78, 5) is 12.3. The Morgan fingerprint density at radius 1 is 1.13 bits per heavy atom. The molecule has 2 aromatic heterocycles. The zero-order chi connectivity index (χ0) is 10.7. The van der Waals surface area contributed by atoms with Crippen molar-refractivity contribution in [2.24, 2.45) is 0 Å². The topological polar surface area (TPSA) is 62.5 Å². The van der Waals surface area contributed by atoms with E-state index in [0.29, 0.717) is 21.6 Å². The molecule has 0 aliphatic rings. The number of hydrogen-bond acceptors (Lipinski definition) is 4. The van der Waals surface area contributed by atoms with Gasteiger partial charge in [-0.25, -0.2) is 4.98 Å². The van der Waals surface area contributed by atoms with E-state index in [9.17, 15) is 0 Å². The molecule has 4 nitrogen and oxygen atoms in total. The first-order chi connectivity index (χ1) is 7.29. The van der Waals surface area contributed by atoms with Crippen LogP contribution >= 0.6 is 15.9 Å². The molecule has 0 spiro atoms. The highest BCUT2D eigenvalue weighted by molar-refractivity contribution is 9.10. The first-order valence-electron chi connectivity index (χ1n) is 4.13. The molecule has 0 aromatic carbocycles. The summed E-state index contributed by atoms with van der Waals surface area (Å²) < 4.78 is 0.658. The molecule has 0 amide bonds. The fourth-order valence-electron chi connectivity index (χ4n) is 1.08. The fraction of sp³-hybridized carbons (Fsp3) is 0. The Labute approximate surface area is 94.8 Å². The Kier molecular flexibility index (Phi) is 2.70. The smallest absolute Gasteiger partial charge is 0.125 e. The molecule has 2 aromatic rings. The molecular formula is C10H5BrN4. The summed E-state index contributed by atoms with van der Waals surface area (Å²) in [5.41, 5.74) is 1.90. The minimum atomic E-state index is 0.529. The van der Waals surface area contributed by atoms with Crippen LogP contribution in [0.15, 0.2) is 35.3 Å². The molecule has 0 radical (unpaired) electrons. The van der Waals surface area contributed by atoms with Gasteiger partial charge in [0.15, 0.2) is 0 Å². The summed E-state index contributed by atoms with van der Waals surface area (Å²) in [5.74, 6) is 0. The van der Waals surface area contributed by atoms with Crippen molar-refractivity contribution < 1.29 is 0 Å². The quantitative estimate of drug-likeness (QED) is 0.789. The molecule has 0 saturated carbocycles. The third kappa shape index (κ3) is 2.17. The van der Waals surface area contributed by atoms with Gasteiger partial charge in [-0.2, -0.15) is 5.26 Å². The molecule has 0 unspecified atom stereocenters. The molecule has 15 heavy (non-hydrogen) atoms. The Hall–Kier alpha value is -1.80. The highest BCUT2D eigenvalue weighted by Gasteiger charge is 2.01. The number of halogens is 1. The predicted octanol–water partition coefficient (Wildman–Crippen LogP) is 2.17.